The number of hydrogen-bond donors (Lipinski definition) is 1. The van der Waals surface area contributed by atoms with Gasteiger partial charge < -0.3 is 5.32 Å². The van der Waals surface area contributed by atoms with Crippen LogP contribution in [0.25, 0.3) is 16.6 Å². The zero-order chi connectivity index (χ0) is 14.2. The van der Waals surface area contributed by atoms with Crippen molar-refractivity contribution in [1.82, 2.24) is 19.4 Å². The summed E-state index contributed by atoms with van der Waals surface area (Å²) in [6.45, 7) is 0. The summed E-state index contributed by atoms with van der Waals surface area (Å²) in [6, 6.07) is 11.6. The van der Waals surface area contributed by atoms with Crippen LogP contribution in [0.15, 0.2) is 59.5 Å². The van der Waals surface area contributed by atoms with Gasteiger partial charge in [0.2, 0.25) is 5.95 Å². The van der Waals surface area contributed by atoms with E-state index in [0.717, 1.165) is 26.8 Å². The molecule has 5 nitrogen and oxygen atoms in total. The molecule has 0 aliphatic carbocycles. The van der Waals surface area contributed by atoms with E-state index < -0.39 is 0 Å². The van der Waals surface area contributed by atoms with Crippen LogP contribution in [0.3, 0.4) is 0 Å². The van der Waals surface area contributed by atoms with Gasteiger partial charge in [-0.2, -0.15) is 0 Å². The molecule has 4 heterocycles. The topological polar surface area (TPSA) is 55.1 Å². The Labute approximate surface area is 128 Å². The van der Waals surface area contributed by atoms with E-state index in [4.69, 9.17) is 0 Å². The summed E-state index contributed by atoms with van der Waals surface area (Å²) in [5, 5.41) is 4.28. The minimum absolute atomic E-state index is 0.681. The van der Waals surface area contributed by atoms with Crippen molar-refractivity contribution in [3.8, 4) is 0 Å². The number of nitrogens with zero attached hydrogens (tertiary/aromatic N) is 4. The predicted molar refractivity (Wildman–Crippen MR) is 85.7 cm³/mol. The summed E-state index contributed by atoms with van der Waals surface area (Å²) in [5.41, 5.74) is 1.86. The molecule has 6 heteroatoms. The predicted octanol–water partition coefficient (Wildman–Crippen LogP) is 3.78. The van der Waals surface area contributed by atoms with E-state index in [0.29, 0.717) is 5.95 Å². The molecule has 0 aliphatic heterocycles. The van der Waals surface area contributed by atoms with E-state index in [1.807, 2.05) is 40.8 Å². The summed E-state index contributed by atoms with van der Waals surface area (Å²) in [6.07, 6.45) is 5.29. The normalized spacial score (nSPS) is 11.1. The lowest BCUT2D eigenvalue weighted by atomic mass is 10.3. The lowest BCUT2D eigenvalue weighted by Crippen LogP contribution is -2.02. The number of aromatic nitrogens is 4. The Bertz CT molecular complexity index is 933. The first-order valence-electron chi connectivity index (χ1n) is 6.42. The lowest BCUT2D eigenvalue weighted by molar-refractivity contribution is 1.10. The zero-order valence-corrected chi connectivity index (χ0v) is 12.4. The Balaban J connectivity index is 1.99. The van der Waals surface area contributed by atoms with Crippen LogP contribution in [0.1, 0.15) is 0 Å². The summed E-state index contributed by atoms with van der Waals surface area (Å²) < 4.78 is 2.99. The zero-order valence-electron chi connectivity index (χ0n) is 10.9. The molecule has 4 rings (SSSR count). The van der Waals surface area contributed by atoms with Gasteiger partial charge in [-0.3, -0.25) is 4.40 Å². The lowest BCUT2D eigenvalue weighted by Gasteiger charge is -2.07. The maximum atomic E-state index is 4.47. The van der Waals surface area contributed by atoms with Gasteiger partial charge in [-0.1, -0.05) is 6.07 Å². The molecule has 4 aromatic rings. The second kappa shape index (κ2) is 4.82. The summed E-state index contributed by atoms with van der Waals surface area (Å²) in [5.74, 6) is 1.42. The number of nitrogens with one attached hydrogen (secondary N) is 1. The second-order valence-corrected chi connectivity index (χ2v) is 5.31. The summed E-state index contributed by atoms with van der Waals surface area (Å²) in [7, 11) is 0. The third-order valence-corrected chi connectivity index (χ3v) is 4.08. The Kier molecular flexibility index (Phi) is 2.82. The van der Waals surface area contributed by atoms with Crippen molar-refractivity contribution in [2.24, 2.45) is 0 Å². The third-order valence-electron chi connectivity index (χ3n) is 3.25. The summed E-state index contributed by atoms with van der Waals surface area (Å²) in [4.78, 5) is 13.2. The number of hydrogen-bond acceptors (Lipinski definition) is 4. The molecular formula is C15H10BrN5. The number of rotatable bonds is 2. The SMILES string of the molecule is Brc1c2cccnc2n2c(Nc3ccccn3)nccc12. The van der Waals surface area contributed by atoms with Crippen LogP contribution in [-0.2, 0) is 0 Å². The van der Waals surface area contributed by atoms with E-state index in [-0.39, 0.29) is 0 Å². The van der Waals surface area contributed by atoms with E-state index in [9.17, 15) is 0 Å². The largest absolute Gasteiger partial charge is 0.310 e. The van der Waals surface area contributed by atoms with Crippen molar-refractivity contribution in [2.45, 2.75) is 0 Å². The molecule has 0 spiro atoms. The smallest absolute Gasteiger partial charge is 0.214 e. The van der Waals surface area contributed by atoms with E-state index in [1.54, 1.807) is 18.6 Å². The molecule has 0 saturated carbocycles. The van der Waals surface area contributed by atoms with Crippen molar-refractivity contribution in [3.63, 3.8) is 0 Å². The van der Waals surface area contributed by atoms with Gasteiger partial charge in [0.15, 0.2) is 0 Å². The van der Waals surface area contributed by atoms with Crippen molar-refractivity contribution in [2.75, 3.05) is 5.32 Å². The Morgan fingerprint density at radius 2 is 1.81 bits per heavy atom. The fraction of sp³-hybridized carbons (Fsp3) is 0. The highest BCUT2D eigenvalue weighted by molar-refractivity contribution is 9.10. The Morgan fingerprint density at radius 3 is 2.67 bits per heavy atom. The van der Waals surface area contributed by atoms with Crippen molar-refractivity contribution < 1.29 is 0 Å². The average molecular weight is 340 g/mol. The number of anilines is 2. The summed E-state index contributed by atoms with van der Waals surface area (Å²) >= 11 is 3.64. The van der Waals surface area contributed by atoms with Crippen LogP contribution >= 0.6 is 15.9 Å². The highest BCUT2D eigenvalue weighted by atomic mass is 79.9. The molecule has 0 unspecified atom stereocenters. The second-order valence-electron chi connectivity index (χ2n) is 4.52. The Morgan fingerprint density at radius 1 is 0.905 bits per heavy atom. The molecule has 102 valence electrons. The van der Waals surface area contributed by atoms with Gasteiger partial charge in [0.25, 0.3) is 0 Å². The number of halogens is 1. The average Bonchev–Trinajstić information content (AvgIpc) is 2.83. The van der Waals surface area contributed by atoms with Gasteiger partial charge in [0, 0.05) is 24.0 Å². The minimum Gasteiger partial charge on any atom is -0.310 e. The van der Waals surface area contributed by atoms with Gasteiger partial charge in [-0.15, -0.1) is 0 Å². The molecule has 0 aliphatic rings. The van der Waals surface area contributed by atoms with Crippen molar-refractivity contribution >= 4 is 44.2 Å². The third kappa shape index (κ3) is 1.95. The monoisotopic (exact) mass is 339 g/mol. The van der Waals surface area contributed by atoms with Crippen molar-refractivity contribution in [1.29, 1.82) is 0 Å². The van der Waals surface area contributed by atoms with Crippen LogP contribution in [0, 0.1) is 0 Å². The molecule has 0 fully saturated rings. The van der Waals surface area contributed by atoms with E-state index in [2.05, 4.69) is 36.2 Å². The van der Waals surface area contributed by atoms with Crippen LogP contribution in [0.5, 0.6) is 0 Å². The van der Waals surface area contributed by atoms with Crippen LogP contribution in [-0.4, -0.2) is 19.4 Å². The maximum Gasteiger partial charge on any atom is 0.214 e. The number of fused-ring (bicyclic) bond motifs is 3. The Hall–Kier alpha value is -2.47. The van der Waals surface area contributed by atoms with Crippen molar-refractivity contribution in [3.05, 3.63) is 59.5 Å². The quantitative estimate of drug-likeness (QED) is 0.603. The number of pyridine rings is 2. The first kappa shape index (κ1) is 12.3. The van der Waals surface area contributed by atoms with Gasteiger partial charge in [0.05, 0.1) is 9.99 Å². The molecule has 21 heavy (non-hydrogen) atoms. The van der Waals surface area contributed by atoms with E-state index in [1.165, 1.54) is 0 Å². The molecule has 1 N–H and O–H groups in total. The molecule has 0 saturated heterocycles. The molecule has 0 bridgehead atoms. The first-order chi connectivity index (χ1) is 10.3. The first-order valence-corrected chi connectivity index (χ1v) is 7.21. The minimum atomic E-state index is 0.681. The van der Waals surface area contributed by atoms with Gasteiger partial charge in [0.1, 0.15) is 11.5 Å². The standard InChI is InChI=1S/C15H10BrN5/c16-13-10-4-3-8-18-14(10)21-11(13)6-9-19-15(21)20-12-5-1-2-7-17-12/h1-9H,(H,17,19,20). The van der Waals surface area contributed by atoms with Gasteiger partial charge >= 0.3 is 0 Å². The maximum absolute atomic E-state index is 4.47. The fourth-order valence-electron chi connectivity index (χ4n) is 2.33. The fourth-order valence-corrected chi connectivity index (χ4v) is 2.95. The van der Waals surface area contributed by atoms with E-state index >= 15 is 0 Å². The van der Waals surface area contributed by atoms with Crippen LogP contribution < -0.4 is 5.32 Å². The van der Waals surface area contributed by atoms with Gasteiger partial charge in [-0.05, 0) is 46.3 Å². The molecular weight excluding hydrogens is 330 g/mol. The molecule has 4 aromatic heterocycles. The molecule has 0 amide bonds. The highest BCUT2D eigenvalue weighted by Crippen LogP contribution is 2.32. The molecule has 0 atom stereocenters. The highest BCUT2D eigenvalue weighted by Gasteiger charge is 2.13. The molecule has 0 radical (unpaired) electrons. The van der Waals surface area contributed by atoms with Crippen LogP contribution in [0.4, 0.5) is 11.8 Å². The molecule has 0 aromatic carbocycles. The van der Waals surface area contributed by atoms with Gasteiger partial charge in [-0.25, -0.2) is 15.0 Å². The van der Waals surface area contributed by atoms with Crippen LogP contribution in [0.2, 0.25) is 0 Å².